The van der Waals surface area contributed by atoms with Gasteiger partial charge in [-0.25, -0.2) is 4.79 Å². The maximum absolute atomic E-state index is 13.0. The van der Waals surface area contributed by atoms with E-state index in [1.54, 1.807) is 12.1 Å². The number of benzene rings is 1. The summed E-state index contributed by atoms with van der Waals surface area (Å²) in [5.41, 5.74) is 2.08. The van der Waals surface area contributed by atoms with Crippen molar-refractivity contribution in [3.05, 3.63) is 23.8 Å². The van der Waals surface area contributed by atoms with Crippen molar-refractivity contribution in [2.45, 2.75) is 33.6 Å². The summed E-state index contributed by atoms with van der Waals surface area (Å²) in [6, 6.07) is 5.40. The van der Waals surface area contributed by atoms with Gasteiger partial charge in [0.05, 0.1) is 6.61 Å². The van der Waals surface area contributed by atoms with Crippen molar-refractivity contribution in [3.63, 3.8) is 0 Å². The van der Waals surface area contributed by atoms with E-state index in [2.05, 4.69) is 36.2 Å². The zero-order chi connectivity index (χ0) is 22.4. The van der Waals surface area contributed by atoms with Gasteiger partial charge in [-0.2, -0.15) is 15.4 Å². The number of aromatic nitrogens is 3. The average molecular weight is 440 g/mol. The Kier molecular flexibility index (Phi) is 5.55. The Labute approximate surface area is 188 Å². The fourth-order valence-corrected chi connectivity index (χ4v) is 6.31. The average Bonchev–Trinajstić information content (AvgIpc) is 3.54. The van der Waals surface area contributed by atoms with Gasteiger partial charge >= 0.3 is 6.09 Å². The summed E-state index contributed by atoms with van der Waals surface area (Å²) in [5.74, 6) is 3.07. The molecule has 1 saturated carbocycles. The number of carbonyl (C=O) groups is 2. The number of fused-ring (bicyclic) bond motifs is 2. The van der Waals surface area contributed by atoms with Crippen molar-refractivity contribution < 1.29 is 14.3 Å². The van der Waals surface area contributed by atoms with Gasteiger partial charge in [0.1, 0.15) is 11.0 Å². The van der Waals surface area contributed by atoms with Crippen molar-refractivity contribution in [3.8, 4) is 0 Å². The largest absolute Gasteiger partial charge is 0.449 e. The van der Waals surface area contributed by atoms with Gasteiger partial charge < -0.3 is 14.5 Å². The maximum atomic E-state index is 13.0. The van der Waals surface area contributed by atoms with Crippen LogP contribution in [0.5, 0.6) is 0 Å². The van der Waals surface area contributed by atoms with E-state index in [1.807, 2.05) is 15.9 Å². The molecule has 2 amide bonds. The minimum Gasteiger partial charge on any atom is -0.449 e. The predicted molar refractivity (Wildman–Crippen MR) is 120 cm³/mol. The molecule has 0 radical (unpaired) electrons. The molecule has 2 unspecified atom stereocenters. The molecule has 6 atom stereocenters. The lowest BCUT2D eigenvalue weighted by Gasteiger charge is -2.25. The molecule has 2 aromatic rings. The van der Waals surface area contributed by atoms with Gasteiger partial charge in [0.15, 0.2) is 0 Å². The quantitative estimate of drug-likeness (QED) is 0.788. The third-order valence-electron chi connectivity index (χ3n) is 8.34. The minimum absolute atomic E-state index is 0.0214. The molecule has 1 aromatic carbocycles. The number of ether oxygens (including phenoxy) is 1. The zero-order valence-corrected chi connectivity index (χ0v) is 19.2. The molecule has 1 aromatic heterocycles. The highest BCUT2D eigenvalue weighted by atomic mass is 16.6. The molecular weight excluding hydrogens is 406 g/mol. The van der Waals surface area contributed by atoms with Crippen molar-refractivity contribution in [1.82, 2.24) is 25.2 Å². The number of rotatable bonds is 4. The minimum atomic E-state index is -0.187. The maximum Gasteiger partial charge on any atom is 0.409 e. The Balaban J connectivity index is 1.13. The van der Waals surface area contributed by atoms with Gasteiger partial charge in [-0.05, 0) is 48.3 Å². The fraction of sp³-hybridized carbons (Fsp3) is 0.667. The second-order valence-corrected chi connectivity index (χ2v) is 10.1. The Morgan fingerprint density at radius 1 is 1.06 bits per heavy atom. The van der Waals surface area contributed by atoms with Crippen LogP contribution in [0.15, 0.2) is 18.2 Å². The van der Waals surface area contributed by atoms with E-state index in [4.69, 9.17) is 4.74 Å². The van der Waals surface area contributed by atoms with Crippen molar-refractivity contribution >= 4 is 23.0 Å². The number of nitrogens with zero attached hydrogens (tertiary/aromatic N) is 4. The third-order valence-corrected chi connectivity index (χ3v) is 8.34. The van der Waals surface area contributed by atoms with Crippen LogP contribution in [-0.4, -0.2) is 70.0 Å². The molecule has 3 heterocycles. The molecule has 0 spiro atoms. The summed E-state index contributed by atoms with van der Waals surface area (Å²) >= 11 is 0. The van der Waals surface area contributed by atoms with Crippen molar-refractivity contribution in [2.75, 3.05) is 32.8 Å². The van der Waals surface area contributed by atoms with Crippen LogP contribution >= 0.6 is 0 Å². The molecule has 8 nitrogen and oxygen atoms in total. The van der Waals surface area contributed by atoms with Crippen LogP contribution in [0.4, 0.5) is 4.79 Å². The van der Waals surface area contributed by atoms with Gasteiger partial charge in [0, 0.05) is 43.6 Å². The summed E-state index contributed by atoms with van der Waals surface area (Å²) < 4.78 is 5.78. The number of nitrogens with one attached hydrogen (secondary N) is 1. The van der Waals surface area contributed by atoms with Crippen molar-refractivity contribution in [1.29, 1.82) is 0 Å². The topological polar surface area (TPSA) is 91.4 Å². The Morgan fingerprint density at radius 3 is 2.44 bits per heavy atom. The first kappa shape index (κ1) is 21.2. The molecule has 1 N–H and O–H groups in total. The number of aromatic amines is 1. The predicted octanol–water partition coefficient (Wildman–Crippen LogP) is 3.42. The molecule has 2 saturated heterocycles. The summed E-state index contributed by atoms with van der Waals surface area (Å²) in [7, 11) is 0. The van der Waals surface area contributed by atoms with E-state index in [0.29, 0.717) is 73.5 Å². The molecule has 5 rings (SSSR count). The Bertz CT molecular complexity index is 992. The molecule has 0 bridgehead atoms. The zero-order valence-electron chi connectivity index (χ0n) is 19.2. The lowest BCUT2D eigenvalue weighted by Crippen LogP contribution is -2.36. The summed E-state index contributed by atoms with van der Waals surface area (Å²) in [6.07, 6.45) is 2.25. The molecule has 32 heavy (non-hydrogen) atoms. The van der Waals surface area contributed by atoms with Gasteiger partial charge in [-0.15, -0.1) is 0 Å². The normalized spacial score (nSPS) is 32.0. The number of likely N-dealkylation sites (tertiary alicyclic amines) is 2. The molecule has 8 heteroatoms. The summed E-state index contributed by atoms with van der Waals surface area (Å²) in [5, 5.41) is 10.7. The highest BCUT2D eigenvalue weighted by Gasteiger charge is 2.44. The van der Waals surface area contributed by atoms with Crippen LogP contribution in [0.25, 0.3) is 11.0 Å². The highest BCUT2D eigenvalue weighted by Crippen LogP contribution is 2.43. The molecule has 3 aliphatic rings. The van der Waals surface area contributed by atoms with Crippen LogP contribution in [0.1, 0.15) is 44.0 Å². The Hall–Kier alpha value is -2.64. The number of hydrogen-bond donors (Lipinski definition) is 1. The molecule has 1 aliphatic carbocycles. The smallest absolute Gasteiger partial charge is 0.409 e. The number of amides is 2. The number of carbonyl (C=O) groups excluding carboxylic acids is 2. The monoisotopic (exact) mass is 439 g/mol. The van der Waals surface area contributed by atoms with E-state index < -0.39 is 0 Å². The van der Waals surface area contributed by atoms with Crippen LogP contribution < -0.4 is 0 Å². The first-order valence-corrected chi connectivity index (χ1v) is 12.0. The van der Waals surface area contributed by atoms with Crippen LogP contribution in [-0.2, 0) is 4.74 Å². The van der Waals surface area contributed by atoms with E-state index in [9.17, 15) is 9.59 Å². The van der Waals surface area contributed by atoms with E-state index in [1.165, 1.54) is 12.8 Å². The molecular formula is C24H33N5O3. The lowest BCUT2D eigenvalue weighted by atomic mass is 9.89. The second-order valence-electron chi connectivity index (χ2n) is 10.1. The number of hydrogen-bond acceptors (Lipinski definition) is 5. The van der Waals surface area contributed by atoms with Gasteiger partial charge in [-0.3, -0.25) is 4.79 Å². The van der Waals surface area contributed by atoms with Crippen LogP contribution in [0.2, 0.25) is 0 Å². The van der Waals surface area contributed by atoms with E-state index >= 15 is 0 Å². The van der Waals surface area contributed by atoms with Crippen LogP contribution in [0, 0.1) is 35.5 Å². The Morgan fingerprint density at radius 2 is 1.75 bits per heavy atom. The van der Waals surface area contributed by atoms with Crippen molar-refractivity contribution in [2.24, 2.45) is 35.5 Å². The van der Waals surface area contributed by atoms with E-state index in [0.717, 1.165) is 11.4 Å². The molecule has 2 aliphatic heterocycles. The first-order valence-electron chi connectivity index (χ1n) is 12.0. The lowest BCUT2D eigenvalue weighted by molar-refractivity contribution is 0.0716. The second kappa shape index (κ2) is 8.37. The summed E-state index contributed by atoms with van der Waals surface area (Å²) in [4.78, 5) is 29.5. The SMILES string of the molecule is CC[C@@H]1C[C@H](C)C(COC(=O)N2C[C@@H]3CN(C(=O)c4ccc5n[nH]nc5c4)C[C@@H]3C2)C1C. The fourth-order valence-electron chi connectivity index (χ4n) is 6.31. The molecule has 172 valence electrons. The third kappa shape index (κ3) is 3.73. The van der Waals surface area contributed by atoms with Gasteiger partial charge in [-0.1, -0.05) is 27.2 Å². The molecule has 3 fully saturated rings. The number of H-pyrrole nitrogens is 1. The standard InChI is InChI=1S/C24H33N5O3/c1-4-16-7-14(2)20(15(16)3)13-32-24(31)29-11-18-9-28(10-19(18)12-29)23(30)17-5-6-21-22(8-17)26-27-25-21/h5-6,8,14-16,18-20H,4,7,9-13H2,1-3H3,(H,25,26,27)/t14-,15?,16+,18-,19+,20?/m0/s1. The first-order chi connectivity index (χ1) is 15.4. The highest BCUT2D eigenvalue weighted by molar-refractivity contribution is 5.97. The van der Waals surface area contributed by atoms with E-state index in [-0.39, 0.29) is 12.0 Å². The summed E-state index contributed by atoms with van der Waals surface area (Å²) in [6.45, 7) is 10.1. The van der Waals surface area contributed by atoms with Gasteiger partial charge in [0.2, 0.25) is 0 Å². The van der Waals surface area contributed by atoms with Crippen LogP contribution in [0.3, 0.4) is 0 Å². The van der Waals surface area contributed by atoms with Gasteiger partial charge in [0.25, 0.3) is 5.91 Å².